The van der Waals surface area contributed by atoms with Crippen molar-refractivity contribution < 1.29 is 9.53 Å². The summed E-state index contributed by atoms with van der Waals surface area (Å²) in [5, 5.41) is 0. The van der Waals surface area contributed by atoms with Crippen LogP contribution in [0.15, 0.2) is 18.2 Å². The van der Waals surface area contributed by atoms with E-state index in [-0.39, 0.29) is 4.08 Å². The lowest BCUT2D eigenvalue weighted by Crippen LogP contribution is -2.26. The van der Waals surface area contributed by atoms with Gasteiger partial charge in [-0.05, 0) is 30.7 Å². The van der Waals surface area contributed by atoms with E-state index in [0.717, 1.165) is 36.2 Å². The highest BCUT2D eigenvalue weighted by atomic mass is 32.2. The molecule has 0 saturated heterocycles. The third-order valence-corrected chi connectivity index (χ3v) is 6.07. The molecule has 0 spiro atoms. The summed E-state index contributed by atoms with van der Waals surface area (Å²) in [5.41, 5.74) is 1.86. The number of ether oxygens (including phenoxy) is 1. The predicted molar refractivity (Wildman–Crippen MR) is 70.6 cm³/mol. The lowest BCUT2D eigenvalue weighted by Gasteiger charge is -2.36. The number of fused-ring (bicyclic) bond motifs is 1. The largest absolute Gasteiger partial charge is 0.493 e. The maximum absolute atomic E-state index is 10.8. The molecule has 1 aromatic rings. The van der Waals surface area contributed by atoms with Crippen molar-refractivity contribution in [1.82, 2.24) is 0 Å². The molecule has 86 valence electrons. The van der Waals surface area contributed by atoms with Crippen molar-refractivity contribution >= 4 is 29.8 Å². The molecule has 1 aromatic carbocycles. The summed E-state index contributed by atoms with van der Waals surface area (Å²) in [6.45, 7) is 0.745. The van der Waals surface area contributed by atoms with Crippen LogP contribution in [0.1, 0.15) is 22.3 Å². The summed E-state index contributed by atoms with van der Waals surface area (Å²) in [7, 11) is 0. The molecule has 0 saturated carbocycles. The summed E-state index contributed by atoms with van der Waals surface area (Å²) in [6, 6.07) is 5.66. The molecule has 0 fully saturated rings. The first-order chi connectivity index (χ1) is 7.75. The van der Waals surface area contributed by atoms with Crippen LogP contribution in [-0.4, -0.2) is 25.4 Å². The smallest absolute Gasteiger partial charge is 0.150 e. The van der Waals surface area contributed by atoms with E-state index >= 15 is 0 Å². The van der Waals surface area contributed by atoms with E-state index in [1.807, 2.05) is 41.7 Å². The molecule has 0 bridgehead atoms. The van der Waals surface area contributed by atoms with Gasteiger partial charge in [0.15, 0.2) is 0 Å². The quantitative estimate of drug-likeness (QED) is 0.611. The fourth-order valence-electron chi connectivity index (χ4n) is 1.98. The molecule has 1 aliphatic heterocycles. The predicted octanol–water partition coefficient (Wildman–Crippen LogP) is 3.16. The van der Waals surface area contributed by atoms with Crippen molar-refractivity contribution in [2.24, 2.45) is 0 Å². The number of hydrogen-bond acceptors (Lipinski definition) is 4. The van der Waals surface area contributed by atoms with E-state index in [1.54, 1.807) is 0 Å². The van der Waals surface area contributed by atoms with Gasteiger partial charge in [-0.3, -0.25) is 4.79 Å². The average molecular weight is 254 g/mol. The normalized spacial score (nSPS) is 17.4. The van der Waals surface area contributed by atoms with Gasteiger partial charge < -0.3 is 4.74 Å². The molecule has 0 amide bonds. The molecule has 0 aliphatic carbocycles. The second-order valence-electron chi connectivity index (χ2n) is 3.63. The van der Waals surface area contributed by atoms with Gasteiger partial charge >= 0.3 is 0 Å². The Balaban J connectivity index is 2.54. The van der Waals surface area contributed by atoms with E-state index in [0.29, 0.717) is 0 Å². The van der Waals surface area contributed by atoms with Gasteiger partial charge in [0.05, 0.1) is 10.7 Å². The topological polar surface area (TPSA) is 26.3 Å². The van der Waals surface area contributed by atoms with Crippen molar-refractivity contribution in [2.45, 2.75) is 10.5 Å². The van der Waals surface area contributed by atoms with Crippen LogP contribution in [-0.2, 0) is 4.08 Å². The van der Waals surface area contributed by atoms with Gasteiger partial charge in [0.25, 0.3) is 0 Å². The highest BCUT2D eigenvalue weighted by Crippen LogP contribution is 2.52. The lowest BCUT2D eigenvalue weighted by molar-refractivity contribution is 0.112. The fraction of sp³-hybridized carbons (Fsp3) is 0.417. The molecule has 0 radical (unpaired) electrons. The third kappa shape index (κ3) is 1.84. The Hall–Kier alpha value is -0.610. The Morgan fingerprint density at radius 1 is 1.38 bits per heavy atom. The average Bonchev–Trinajstić information content (AvgIpc) is 2.37. The zero-order valence-electron chi connectivity index (χ0n) is 9.36. The highest BCUT2D eigenvalue weighted by molar-refractivity contribution is 8.16. The second-order valence-corrected chi connectivity index (χ2v) is 6.10. The van der Waals surface area contributed by atoms with E-state index in [2.05, 4.69) is 12.5 Å². The maximum atomic E-state index is 10.8. The molecule has 0 unspecified atom stereocenters. The van der Waals surface area contributed by atoms with Crippen LogP contribution in [0, 0.1) is 0 Å². The number of thioether (sulfide) groups is 2. The number of carbonyl (C=O) groups is 1. The summed E-state index contributed by atoms with van der Waals surface area (Å²) in [4.78, 5) is 10.8. The zero-order chi connectivity index (χ0) is 11.6. The Kier molecular flexibility index (Phi) is 3.50. The number of rotatable bonds is 3. The van der Waals surface area contributed by atoms with Crippen molar-refractivity contribution in [2.75, 3.05) is 19.1 Å². The van der Waals surface area contributed by atoms with E-state index in [9.17, 15) is 4.79 Å². The standard InChI is InChI=1S/C12H14O2S2/c1-15-12(16-2)5-6-14-11-4-3-9(8-13)7-10(11)12/h3-4,7-8H,5-6H2,1-2H3. The van der Waals surface area contributed by atoms with Crippen molar-refractivity contribution in [1.29, 1.82) is 0 Å². The second kappa shape index (κ2) is 4.72. The van der Waals surface area contributed by atoms with E-state index in [4.69, 9.17) is 4.74 Å². The molecule has 2 nitrogen and oxygen atoms in total. The fourth-order valence-corrected chi connectivity index (χ4v) is 3.98. The molecule has 0 aromatic heterocycles. The number of aldehydes is 1. The molecule has 2 rings (SSSR count). The number of benzene rings is 1. The van der Waals surface area contributed by atoms with Crippen molar-refractivity contribution in [3.8, 4) is 5.75 Å². The first kappa shape index (κ1) is 11.9. The minimum absolute atomic E-state index is 0.0343. The minimum atomic E-state index is 0.0343. The summed E-state index contributed by atoms with van der Waals surface area (Å²) in [6.07, 6.45) is 6.09. The Labute approximate surface area is 104 Å². The van der Waals surface area contributed by atoms with Gasteiger partial charge in [0.2, 0.25) is 0 Å². The van der Waals surface area contributed by atoms with Crippen LogP contribution in [0.2, 0.25) is 0 Å². The molecule has 4 heteroatoms. The van der Waals surface area contributed by atoms with Gasteiger partial charge in [-0.25, -0.2) is 0 Å². The Bertz CT molecular complexity index is 400. The van der Waals surface area contributed by atoms with Gasteiger partial charge in [-0.1, -0.05) is 0 Å². The van der Waals surface area contributed by atoms with Crippen LogP contribution in [0.5, 0.6) is 5.75 Å². The molecular weight excluding hydrogens is 240 g/mol. The monoisotopic (exact) mass is 254 g/mol. The van der Waals surface area contributed by atoms with Crippen LogP contribution >= 0.6 is 23.5 Å². The number of hydrogen-bond donors (Lipinski definition) is 0. The maximum Gasteiger partial charge on any atom is 0.150 e. The van der Waals surface area contributed by atoms with Gasteiger partial charge in [-0.2, -0.15) is 0 Å². The van der Waals surface area contributed by atoms with Gasteiger partial charge in [-0.15, -0.1) is 23.5 Å². The Morgan fingerprint density at radius 2 is 2.12 bits per heavy atom. The minimum Gasteiger partial charge on any atom is -0.493 e. The number of carbonyl (C=O) groups excluding carboxylic acids is 1. The van der Waals surface area contributed by atoms with E-state index in [1.165, 1.54) is 0 Å². The summed E-state index contributed by atoms with van der Waals surface area (Å²) < 4.78 is 5.67. The third-order valence-electron chi connectivity index (χ3n) is 2.90. The SMILES string of the molecule is CSC1(SC)CCOc2ccc(C=O)cc21. The zero-order valence-corrected chi connectivity index (χ0v) is 11.0. The van der Waals surface area contributed by atoms with E-state index < -0.39 is 0 Å². The molecule has 1 heterocycles. The highest BCUT2D eigenvalue weighted by Gasteiger charge is 2.36. The first-order valence-electron chi connectivity index (χ1n) is 5.08. The van der Waals surface area contributed by atoms with Crippen LogP contribution in [0.25, 0.3) is 0 Å². The summed E-state index contributed by atoms with van der Waals surface area (Å²) >= 11 is 3.64. The van der Waals surface area contributed by atoms with Crippen molar-refractivity contribution in [3.05, 3.63) is 29.3 Å². The summed E-state index contributed by atoms with van der Waals surface area (Å²) in [5.74, 6) is 0.917. The lowest BCUT2D eigenvalue weighted by atomic mass is 10.0. The van der Waals surface area contributed by atoms with Gasteiger partial charge in [0.1, 0.15) is 12.0 Å². The Morgan fingerprint density at radius 3 is 2.75 bits per heavy atom. The molecular formula is C12H14O2S2. The first-order valence-corrected chi connectivity index (χ1v) is 7.53. The van der Waals surface area contributed by atoms with Crippen LogP contribution in [0.3, 0.4) is 0 Å². The molecule has 0 N–H and O–H groups in total. The van der Waals surface area contributed by atoms with Gasteiger partial charge in [0, 0.05) is 17.5 Å². The van der Waals surface area contributed by atoms with Crippen LogP contribution in [0.4, 0.5) is 0 Å². The van der Waals surface area contributed by atoms with Crippen LogP contribution < -0.4 is 4.74 Å². The van der Waals surface area contributed by atoms with Crippen molar-refractivity contribution in [3.63, 3.8) is 0 Å². The molecule has 0 atom stereocenters. The molecule has 1 aliphatic rings. The molecule has 16 heavy (non-hydrogen) atoms.